The van der Waals surface area contributed by atoms with E-state index in [0.717, 1.165) is 16.4 Å². The molecule has 0 aliphatic rings. The Morgan fingerprint density at radius 1 is 1.32 bits per heavy atom. The summed E-state index contributed by atoms with van der Waals surface area (Å²) in [6.07, 6.45) is 2.31. The zero-order chi connectivity index (χ0) is 13.7. The zero-order valence-corrected chi connectivity index (χ0v) is 12.2. The van der Waals surface area contributed by atoms with Crippen LogP contribution in [0.25, 0.3) is 11.4 Å². The van der Waals surface area contributed by atoms with E-state index in [-0.39, 0.29) is 12.3 Å². The smallest absolute Gasteiger partial charge is 0.211 e. The molecule has 2 aromatic rings. The van der Waals surface area contributed by atoms with E-state index in [4.69, 9.17) is 0 Å². The van der Waals surface area contributed by atoms with E-state index in [1.165, 1.54) is 11.3 Å². The first-order valence-corrected chi connectivity index (χ1v) is 8.47. The average molecular weight is 297 g/mol. The molecule has 0 radical (unpaired) electrons. The molecule has 102 valence electrons. The maximum absolute atomic E-state index is 11.5. The molecule has 0 spiro atoms. The molecular formula is C12H15N3O2S2. The minimum absolute atomic E-state index is 0.144. The lowest BCUT2D eigenvalue weighted by molar-refractivity contribution is 0.580. The number of thiazole rings is 1. The van der Waals surface area contributed by atoms with Crippen molar-refractivity contribution in [2.24, 2.45) is 0 Å². The fraction of sp³-hybridized carbons (Fsp3) is 0.333. The van der Waals surface area contributed by atoms with E-state index in [1.54, 1.807) is 6.20 Å². The van der Waals surface area contributed by atoms with Gasteiger partial charge in [-0.2, -0.15) is 0 Å². The van der Waals surface area contributed by atoms with Crippen molar-refractivity contribution in [1.29, 1.82) is 0 Å². The molecule has 0 aromatic carbocycles. The normalized spacial score (nSPS) is 11.6. The van der Waals surface area contributed by atoms with Gasteiger partial charge < -0.3 is 0 Å². The van der Waals surface area contributed by atoms with Crippen LogP contribution in [0.1, 0.15) is 18.4 Å². The van der Waals surface area contributed by atoms with Crippen molar-refractivity contribution >= 4 is 21.4 Å². The highest BCUT2D eigenvalue weighted by Crippen LogP contribution is 2.19. The van der Waals surface area contributed by atoms with Gasteiger partial charge in [-0.1, -0.05) is 13.0 Å². The van der Waals surface area contributed by atoms with Crippen LogP contribution in [0.5, 0.6) is 0 Å². The molecule has 0 aliphatic carbocycles. The summed E-state index contributed by atoms with van der Waals surface area (Å²) >= 11 is 1.43. The van der Waals surface area contributed by atoms with Gasteiger partial charge in [0.2, 0.25) is 10.0 Å². The number of nitrogens with zero attached hydrogens (tertiary/aromatic N) is 2. The number of hydrogen-bond acceptors (Lipinski definition) is 5. The standard InChI is InChI=1S/C12H15N3O2S2/c1-2-7-19(16,17)14-8-12-15-11(9-18-12)10-5-3-4-6-13-10/h3-6,9,14H,2,7-8H2,1H3. The van der Waals surface area contributed by atoms with E-state index in [2.05, 4.69) is 14.7 Å². The van der Waals surface area contributed by atoms with Crippen molar-refractivity contribution in [3.8, 4) is 11.4 Å². The maximum Gasteiger partial charge on any atom is 0.211 e. The summed E-state index contributed by atoms with van der Waals surface area (Å²) < 4.78 is 25.6. The van der Waals surface area contributed by atoms with E-state index < -0.39 is 10.0 Å². The molecule has 5 nitrogen and oxygen atoms in total. The Bertz CT molecular complexity index is 623. The second-order valence-electron chi connectivity index (χ2n) is 3.98. The van der Waals surface area contributed by atoms with Crippen LogP contribution in [0, 0.1) is 0 Å². The second-order valence-corrected chi connectivity index (χ2v) is 6.85. The summed E-state index contributed by atoms with van der Waals surface area (Å²) in [4.78, 5) is 8.58. The van der Waals surface area contributed by atoms with Crippen molar-refractivity contribution in [3.05, 3.63) is 34.8 Å². The van der Waals surface area contributed by atoms with Gasteiger partial charge in [0.05, 0.1) is 23.7 Å². The lowest BCUT2D eigenvalue weighted by Gasteiger charge is -2.02. The van der Waals surface area contributed by atoms with Gasteiger partial charge in [0.1, 0.15) is 5.01 Å². The average Bonchev–Trinajstić information content (AvgIpc) is 2.86. The van der Waals surface area contributed by atoms with Crippen LogP contribution in [0.4, 0.5) is 0 Å². The first-order chi connectivity index (χ1) is 9.11. The van der Waals surface area contributed by atoms with Gasteiger partial charge >= 0.3 is 0 Å². The summed E-state index contributed by atoms with van der Waals surface area (Å²) in [6, 6.07) is 5.61. The van der Waals surface area contributed by atoms with Crippen molar-refractivity contribution in [1.82, 2.24) is 14.7 Å². The molecule has 2 rings (SSSR count). The maximum atomic E-state index is 11.5. The summed E-state index contributed by atoms with van der Waals surface area (Å²) in [6.45, 7) is 2.07. The minimum atomic E-state index is -3.18. The molecule has 0 fully saturated rings. The van der Waals surface area contributed by atoms with Crippen LogP contribution in [0.3, 0.4) is 0 Å². The molecule has 0 saturated carbocycles. The Kier molecular flexibility index (Phi) is 4.62. The van der Waals surface area contributed by atoms with Gasteiger partial charge in [-0.3, -0.25) is 4.98 Å². The third-order valence-electron chi connectivity index (χ3n) is 2.40. The lowest BCUT2D eigenvalue weighted by Crippen LogP contribution is -2.25. The van der Waals surface area contributed by atoms with Crippen molar-refractivity contribution < 1.29 is 8.42 Å². The van der Waals surface area contributed by atoms with Crippen molar-refractivity contribution in [2.45, 2.75) is 19.9 Å². The third-order valence-corrected chi connectivity index (χ3v) is 4.77. The molecule has 0 amide bonds. The lowest BCUT2D eigenvalue weighted by atomic mass is 10.3. The van der Waals surface area contributed by atoms with Crippen LogP contribution in [0.2, 0.25) is 0 Å². The van der Waals surface area contributed by atoms with Gasteiger partial charge in [-0.05, 0) is 18.6 Å². The van der Waals surface area contributed by atoms with Crippen LogP contribution in [-0.2, 0) is 16.6 Å². The van der Waals surface area contributed by atoms with Gasteiger partial charge in [0, 0.05) is 11.6 Å². The van der Waals surface area contributed by atoms with Crippen LogP contribution in [-0.4, -0.2) is 24.1 Å². The molecule has 2 heterocycles. The SMILES string of the molecule is CCCS(=O)(=O)NCc1nc(-c2ccccn2)cs1. The van der Waals surface area contributed by atoms with E-state index in [1.807, 2.05) is 30.5 Å². The molecule has 0 unspecified atom stereocenters. The Labute approximate surface area is 116 Å². The van der Waals surface area contributed by atoms with E-state index in [0.29, 0.717) is 6.42 Å². The molecule has 0 bridgehead atoms. The predicted molar refractivity (Wildman–Crippen MR) is 76.3 cm³/mol. The second kappa shape index (κ2) is 6.23. The molecule has 1 N–H and O–H groups in total. The first kappa shape index (κ1) is 14.1. The van der Waals surface area contributed by atoms with Gasteiger partial charge in [-0.25, -0.2) is 18.1 Å². The van der Waals surface area contributed by atoms with Crippen molar-refractivity contribution in [2.75, 3.05) is 5.75 Å². The molecule has 2 aromatic heterocycles. The zero-order valence-electron chi connectivity index (χ0n) is 10.5. The topological polar surface area (TPSA) is 72.0 Å². The van der Waals surface area contributed by atoms with Gasteiger partial charge in [-0.15, -0.1) is 11.3 Å². The largest absolute Gasteiger partial charge is 0.255 e. The number of rotatable bonds is 6. The Balaban J connectivity index is 2.03. The number of hydrogen-bond donors (Lipinski definition) is 1. The molecule has 7 heteroatoms. The summed E-state index contributed by atoms with van der Waals surface area (Å²) in [5, 5.41) is 2.62. The van der Waals surface area contributed by atoms with Gasteiger partial charge in [0.15, 0.2) is 0 Å². The molecule has 0 atom stereocenters. The molecule has 0 aliphatic heterocycles. The Hall–Kier alpha value is -1.31. The fourth-order valence-electron chi connectivity index (χ4n) is 1.54. The third kappa shape index (κ3) is 4.09. The number of nitrogens with one attached hydrogen (secondary N) is 1. The molecular weight excluding hydrogens is 282 g/mol. The summed E-state index contributed by atoms with van der Waals surface area (Å²) in [5.74, 6) is 0.144. The summed E-state index contributed by atoms with van der Waals surface area (Å²) in [5.41, 5.74) is 1.57. The monoisotopic (exact) mass is 297 g/mol. The quantitative estimate of drug-likeness (QED) is 0.885. The minimum Gasteiger partial charge on any atom is -0.255 e. The van der Waals surface area contributed by atoms with Crippen LogP contribution < -0.4 is 4.72 Å². The number of aromatic nitrogens is 2. The molecule has 0 saturated heterocycles. The highest BCUT2D eigenvalue weighted by Gasteiger charge is 2.10. The highest BCUT2D eigenvalue weighted by molar-refractivity contribution is 7.89. The van der Waals surface area contributed by atoms with Crippen molar-refractivity contribution in [3.63, 3.8) is 0 Å². The van der Waals surface area contributed by atoms with Crippen LogP contribution >= 0.6 is 11.3 Å². The number of pyridine rings is 1. The Morgan fingerprint density at radius 2 is 2.16 bits per heavy atom. The Morgan fingerprint density at radius 3 is 2.84 bits per heavy atom. The van der Waals surface area contributed by atoms with Crippen LogP contribution in [0.15, 0.2) is 29.8 Å². The highest BCUT2D eigenvalue weighted by atomic mass is 32.2. The molecule has 19 heavy (non-hydrogen) atoms. The fourth-order valence-corrected chi connectivity index (χ4v) is 3.39. The van der Waals surface area contributed by atoms with E-state index >= 15 is 0 Å². The summed E-state index contributed by atoms with van der Waals surface area (Å²) in [7, 11) is -3.18. The van der Waals surface area contributed by atoms with Gasteiger partial charge in [0.25, 0.3) is 0 Å². The van der Waals surface area contributed by atoms with E-state index in [9.17, 15) is 8.42 Å². The number of sulfonamides is 1. The predicted octanol–water partition coefficient (Wildman–Crippen LogP) is 2.03. The first-order valence-electron chi connectivity index (χ1n) is 5.94.